The molecule has 6 fully saturated rings. The number of sulfonamides is 3. The molecule has 8 aromatic carbocycles. The van der Waals surface area contributed by atoms with Crippen molar-refractivity contribution in [2.45, 2.75) is 214 Å². The molecular formula is C105H104F15N11O16S3. The lowest BCUT2D eigenvalue weighted by molar-refractivity contribution is -0.125. The summed E-state index contributed by atoms with van der Waals surface area (Å²) in [5.41, 5.74) is 12.3. The molecule has 5 amide bonds. The van der Waals surface area contributed by atoms with Gasteiger partial charge in [-0.15, -0.1) is 0 Å². The number of pyridine rings is 3. The van der Waals surface area contributed by atoms with Crippen molar-refractivity contribution < 1.29 is 140 Å². The maximum absolute atomic E-state index is 14.7. The molecule has 0 bridgehead atoms. The number of nitrogens with one attached hydrogen (secondary N) is 1. The topological polar surface area (TPSA) is 360 Å². The number of carboxylic acids is 1. The minimum atomic E-state index is -5.42. The number of nitrogens with two attached hydrogens (primary N) is 1. The van der Waals surface area contributed by atoms with Crippen LogP contribution in [-0.2, 0) is 77.3 Å². The van der Waals surface area contributed by atoms with Gasteiger partial charge in [-0.1, -0.05) is 150 Å². The number of ether oxygens (including phenoxy) is 2. The number of carboxylic acid groups (broad SMARTS) is 1. The molecule has 17 rings (SSSR count). The van der Waals surface area contributed by atoms with E-state index in [2.05, 4.69) is 26.3 Å². The zero-order chi connectivity index (χ0) is 109. The molecule has 6 heterocycles. The van der Waals surface area contributed by atoms with E-state index >= 15 is 0 Å². The number of benzene rings is 8. The Bertz CT molecular complexity index is 7090. The molecule has 0 unspecified atom stereocenters. The first-order valence-electron chi connectivity index (χ1n) is 48.1. The number of carbonyl (C=O) groups excluding carboxylic acids is 5. The summed E-state index contributed by atoms with van der Waals surface area (Å²) in [6.45, 7) is 4.41. The summed E-state index contributed by atoms with van der Waals surface area (Å²) >= 11 is 0. The van der Waals surface area contributed by atoms with Gasteiger partial charge in [0.25, 0.3) is 11.8 Å². The number of primary amides is 1. The van der Waals surface area contributed by atoms with Crippen molar-refractivity contribution in [1.29, 1.82) is 0 Å². The number of hydrogen-bond acceptors (Lipinski definition) is 18. The predicted molar refractivity (Wildman–Crippen MR) is 519 cm³/mol. The van der Waals surface area contributed by atoms with Gasteiger partial charge in [0.05, 0.1) is 47.8 Å². The maximum Gasteiger partial charge on any atom is 0.339 e. The largest absolute Gasteiger partial charge is 0.507 e. The van der Waals surface area contributed by atoms with Gasteiger partial charge in [-0.2, -0.15) is 12.9 Å². The van der Waals surface area contributed by atoms with Gasteiger partial charge in [0.1, 0.15) is 48.1 Å². The van der Waals surface area contributed by atoms with Crippen LogP contribution in [0.3, 0.4) is 0 Å². The van der Waals surface area contributed by atoms with Gasteiger partial charge in [0, 0.05) is 94.0 Å². The van der Waals surface area contributed by atoms with Gasteiger partial charge in [-0.25, -0.2) is 95.9 Å². The molecule has 3 aromatic heterocycles. The number of anilines is 3. The maximum atomic E-state index is 14.7. The molecule has 0 radical (unpaired) electrons. The van der Waals surface area contributed by atoms with E-state index in [9.17, 15) is 130 Å². The molecular weight excluding hydrogens is 2050 g/mol. The molecule has 150 heavy (non-hydrogen) atoms. The van der Waals surface area contributed by atoms with Crippen molar-refractivity contribution in [3.8, 4) is 17.2 Å². The van der Waals surface area contributed by atoms with Crippen LogP contribution in [0.5, 0.6) is 17.2 Å². The average Bonchev–Trinajstić information content (AvgIpc) is 0.738. The zero-order valence-electron chi connectivity index (χ0n) is 81.3. The van der Waals surface area contributed by atoms with Gasteiger partial charge >= 0.3 is 5.97 Å². The van der Waals surface area contributed by atoms with Crippen molar-refractivity contribution >= 4 is 82.6 Å². The van der Waals surface area contributed by atoms with Crippen LogP contribution in [0.15, 0.2) is 185 Å². The summed E-state index contributed by atoms with van der Waals surface area (Å²) in [4.78, 5) is 88.4. The monoisotopic (exact) mass is 2160 g/mol. The molecule has 0 spiro atoms. The third-order valence-electron chi connectivity index (χ3n) is 26.5. The van der Waals surface area contributed by atoms with Gasteiger partial charge < -0.3 is 45.4 Å². The second-order valence-electron chi connectivity index (χ2n) is 35.9. The van der Waals surface area contributed by atoms with Gasteiger partial charge in [-0.05, 0) is 158 Å². The molecule has 6 aliphatic rings. The van der Waals surface area contributed by atoms with Crippen molar-refractivity contribution in [1.82, 2.24) is 33.2 Å². The number of aromatic nitrogens is 3. The number of carbonyl (C=O) groups is 6. The number of rotatable bonds is 29. The average molecular weight is 2160 g/mol. The fourth-order valence-electron chi connectivity index (χ4n) is 18.0. The van der Waals surface area contributed by atoms with Gasteiger partial charge in [0.15, 0.2) is 84.5 Å². The van der Waals surface area contributed by atoms with Crippen molar-refractivity contribution in [3.63, 3.8) is 0 Å². The number of aromatic hydroxyl groups is 1. The Kier molecular flexibility index (Phi) is 37.5. The lowest BCUT2D eigenvalue weighted by Crippen LogP contribution is -2.59. The lowest BCUT2D eigenvalue weighted by Gasteiger charge is -2.41. The molecule has 3 saturated carbocycles. The summed E-state index contributed by atoms with van der Waals surface area (Å²) in [5, 5.41) is 22.4. The number of phenols is 1. The first-order chi connectivity index (χ1) is 71.5. The highest BCUT2D eigenvalue weighted by atomic mass is 32.2. The highest BCUT2D eigenvalue weighted by Crippen LogP contribution is 2.43. The van der Waals surface area contributed by atoms with Crippen LogP contribution in [0.2, 0.25) is 0 Å². The Morgan fingerprint density at radius 2 is 0.700 bits per heavy atom. The van der Waals surface area contributed by atoms with Gasteiger partial charge in [0.2, 0.25) is 65.2 Å². The number of aromatic carboxylic acids is 1. The molecule has 3 saturated heterocycles. The minimum Gasteiger partial charge on any atom is -0.507 e. The lowest BCUT2D eigenvalue weighted by atomic mass is 9.85. The molecule has 798 valence electrons. The summed E-state index contributed by atoms with van der Waals surface area (Å²) in [6.07, 6.45) is 22.7. The molecule has 3 aliphatic carbocycles. The smallest absolute Gasteiger partial charge is 0.339 e. The third-order valence-corrected chi connectivity index (χ3v) is 32.3. The number of halogens is 15. The number of hydrogen-bond donors (Lipinski definition) is 4. The van der Waals surface area contributed by atoms with E-state index in [1.165, 1.54) is 116 Å². The minimum absolute atomic E-state index is 0.0121. The summed E-state index contributed by atoms with van der Waals surface area (Å²) in [5.74, 6) is -40.0. The second kappa shape index (κ2) is 49.7. The molecule has 5 N–H and O–H groups in total. The molecule has 2 atom stereocenters. The predicted octanol–water partition coefficient (Wildman–Crippen LogP) is 20.1. The number of amides is 5. The fraction of sp³-hybridized carbons (Fsp3) is 0.343. The van der Waals surface area contributed by atoms with E-state index < -0.39 is 187 Å². The van der Waals surface area contributed by atoms with E-state index in [1.54, 1.807) is 60.9 Å². The Hall–Kier alpha value is -13.9. The summed E-state index contributed by atoms with van der Waals surface area (Å²) in [6, 6.07) is 38.6. The highest BCUT2D eigenvalue weighted by molar-refractivity contribution is 7.89. The third kappa shape index (κ3) is 25.2. The van der Waals surface area contributed by atoms with E-state index in [1.807, 2.05) is 68.6 Å². The second-order valence-corrected chi connectivity index (χ2v) is 41.4. The Labute approximate surface area is 854 Å². The zero-order valence-corrected chi connectivity index (χ0v) is 83.7. The van der Waals surface area contributed by atoms with E-state index in [4.69, 9.17) is 15.2 Å². The SMILES string of the molecule is CC.CC(=O)N(Cc1ccc(C2CCCCC2)cn1)c1ccc(C(N)=O)c(O)c1.CNC(=O)c1ccc(N(Cc2ccc(C3CCCCC3)cn2)C(=O)[C@H]2CCN2S(=O)(=O)c2c(F)c(F)c(F)c(F)c2F)cc1OCc1ccccc1.O=C(O)c1ccc(N(Cc2ccc(C3CCCCC3)cn2)C(=O)[C@H]2CCN2S(=O)(=O)c2c(F)c(F)c(F)c(F)c2F)cc1OCc1ccccc1.O=S(=O)(c1c(F)c(F)c(F)c(F)c1F)N1CCC1. The quantitative estimate of drug-likeness (QED) is 0.0192. The van der Waals surface area contributed by atoms with Crippen LogP contribution in [0, 0.1) is 87.3 Å². The van der Waals surface area contributed by atoms with Gasteiger partial charge in [-0.3, -0.25) is 38.9 Å². The van der Waals surface area contributed by atoms with Crippen molar-refractivity contribution in [2.75, 3.05) is 47.9 Å². The molecule has 27 nitrogen and oxygen atoms in total. The Morgan fingerprint density at radius 1 is 0.387 bits per heavy atom. The molecule has 45 heteroatoms. The van der Waals surface area contributed by atoms with Crippen molar-refractivity contribution in [3.05, 3.63) is 319 Å². The van der Waals surface area contributed by atoms with E-state index in [0.29, 0.717) is 54.2 Å². The van der Waals surface area contributed by atoms with Crippen LogP contribution in [0.25, 0.3) is 0 Å². The van der Waals surface area contributed by atoms with Crippen LogP contribution < -0.4 is 35.2 Å². The van der Waals surface area contributed by atoms with Crippen LogP contribution >= 0.6 is 0 Å². The fourth-order valence-corrected chi connectivity index (χ4v) is 23.1. The van der Waals surface area contributed by atoms with E-state index in [-0.39, 0.29) is 110 Å². The van der Waals surface area contributed by atoms with Crippen LogP contribution in [0.4, 0.5) is 82.9 Å². The Morgan fingerprint density at radius 3 is 0.987 bits per heavy atom. The molecule has 3 aliphatic heterocycles. The first kappa shape index (κ1) is 113. The van der Waals surface area contributed by atoms with Crippen molar-refractivity contribution in [2.24, 2.45) is 5.73 Å². The number of nitrogens with zero attached hydrogens (tertiary/aromatic N) is 9. The Balaban J connectivity index is 0.000000177. The highest BCUT2D eigenvalue weighted by Gasteiger charge is 2.51. The summed E-state index contributed by atoms with van der Waals surface area (Å²) < 4.78 is 298. The summed E-state index contributed by atoms with van der Waals surface area (Å²) in [7, 11) is -14.1. The normalized spacial score (nSPS) is 16.2. The van der Waals surface area contributed by atoms with Crippen LogP contribution in [0.1, 0.15) is 230 Å². The van der Waals surface area contributed by atoms with E-state index in [0.717, 1.165) is 90.6 Å². The first-order valence-corrected chi connectivity index (χ1v) is 52.4. The standard InChI is InChI=1S/C37H35F5N4O5S.C36H32F5N3O6S.C21H25N3O3.C9H6F5NO2S.C2H6/c1-43-36(47)27-15-14-26(18-29(27)51-21-22-8-4-2-5-9-22)45(20-25-13-12-24(19-44-25)23-10-6-3-7-11-23)37(48)28-16-17-46(28)52(49,50)35-33(41)31(39)30(38)32(40)34(35)42;37-29-30(38)32(40)34(33(41)31(29)39)51(48,49)44-16-15-27(44)35(45)43(19-24-12-11-23(18-42-24)22-9-5-2-6-10-22)25-13-14-26(36(46)47)28(17-25)50-20-21-7-3-1-4-8-21;1-14(25)24(18-9-10-19(21(22)27)20(26)11-18)13-17-8-7-16(12-23-17)15-5-3-2-4-6-15;10-4-5(11)7(13)9(8(14)6(4)12)18(16,17)15-2-1-3-15;1-2/h2,4-5,8-9,12-15,18-19,23,28H,3,6-7,10-11,16-17,20-21H2,1H3,(H,43,47);1,3-4,7-8,11-14,17-18,22,27H,2,5-6,9-10,15-16,19-20H2,(H,46,47);7-12,15,26H,2-6,13H2,1H3,(H2,22,27);1-3H2;1-2H3/t28-;27-;;;/m11.../s1. The molecule has 11 aromatic rings. The van der Waals surface area contributed by atoms with Crippen LogP contribution in [-0.4, -0.2) is 144 Å².